The highest BCUT2D eigenvalue weighted by Crippen LogP contribution is 2.32. The molecule has 0 fully saturated rings. The predicted octanol–water partition coefficient (Wildman–Crippen LogP) is 4.03. The van der Waals surface area contributed by atoms with E-state index in [-0.39, 0.29) is 5.91 Å². The number of thiophene rings is 1. The van der Waals surface area contributed by atoms with Crippen molar-refractivity contribution in [2.75, 3.05) is 6.54 Å². The quantitative estimate of drug-likeness (QED) is 0.742. The minimum atomic E-state index is 0.0604. The Morgan fingerprint density at radius 2 is 2.19 bits per heavy atom. The molecule has 1 atom stereocenters. The number of amides is 1. The molecule has 1 amide bonds. The Balaban J connectivity index is 1.31. The van der Waals surface area contributed by atoms with E-state index in [2.05, 4.69) is 47.7 Å². The van der Waals surface area contributed by atoms with Crippen molar-refractivity contribution in [2.24, 2.45) is 5.92 Å². The molecule has 1 unspecified atom stereocenters. The summed E-state index contributed by atoms with van der Waals surface area (Å²) in [7, 11) is 0. The van der Waals surface area contributed by atoms with Crippen LogP contribution >= 0.6 is 11.3 Å². The number of fused-ring (bicyclic) bond motifs is 1. The van der Waals surface area contributed by atoms with Gasteiger partial charge < -0.3 is 5.32 Å². The van der Waals surface area contributed by atoms with Crippen LogP contribution in [0.25, 0.3) is 5.69 Å². The van der Waals surface area contributed by atoms with Crippen LogP contribution in [0.4, 0.5) is 0 Å². The number of nitrogens with one attached hydrogen (secondary N) is 1. The van der Waals surface area contributed by atoms with E-state index in [4.69, 9.17) is 0 Å². The van der Waals surface area contributed by atoms with Gasteiger partial charge in [-0.2, -0.15) is 5.10 Å². The molecule has 1 aliphatic carbocycles. The lowest BCUT2D eigenvalue weighted by molar-refractivity contribution is 0.0958. The van der Waals surface area contributed by atoms with Crippen LogP contribution in [0.15, 0.2) is 48.8 Å². The first kappa shape index (κ1) is 17.0. The van der Waals surface area contributed by atoms with Crippen LogP contribution < -0.4 is 5.32 Å². The maximum atomic E-state index is 12.4. The molecule has 1 aliphatic rings. The zero-order valence-corrected chi connectivity index (χ0v) is 15.8. The van der Waals surface area contributed by atoms with E-state index in [9.17, 15) is 4.79 Å². The molecule has 134 valence electrons. The number of nitrogens with zero attached hydrogens (tertiary/aromatic N) is 2. The molecule has 4 nitrogen and oxygen atoms in total. The summed E-state index contributed by atoms with van der Waals surface area (Å²) >= 11 is 1.67. The number of rotatable bonds is 5. The molecule has 2 aromatic heterocycles. The normalized spacial score (nSPS) is 16.3. The van der Waals surface area contributed by atoms with Gasteiger partial charge in [-0.3, -0.25) is 4.79 Å². The lowest BCUT2D eigenvalue weighted by atomic mass is 9.90. The average molecular weight is 366 g/mol. The van der Waals surface area contributed by atoms with Gasteiger partial charge in [0.1, 0.15) is 0 Å². The summed E-state index contributed by atoms with van der Waals surface area (Å²) < 4.78 is 1.84. The summed E-state index contributed by atoms with van der Waals surface area (Å²) in [6.07, 6.45) is 8.00. The summed E-state index contributed by atoms with van der Waals surface area (Å²) in [4.78, 5) is 14.7. The zero-order chi connectivity index (χ0) is 17.9. The monoisotopic (exact) mass is 365 g/mol. The second-order valence-electron chi connectivity index (χ2n) is 7.03. The average Bonchev–Trinajstić information content (AvgIpc) is 3.31. The Hall–Kier alpha value is -2.40. The molecule has 1 N–H and O–H groups in total. The molecule has 0 saturated carbocycles. The number of carbonyl (C=O) groups excluding carboxylic acids is 1. The molecule has 2 heterocycles. The number of carbonyl (C=O) groups is 1. The van der Waals surface area contributed by atoms with Crippen LogP contribution in [0.2, 0.25) is 0 Å². The van der Waals surface area contributed by atoms with Crippen molar-refractivity contribution in [1.29, 1.82) is 0 Å². The van der Waals surface area contributed by atoms with E-state index in [1.807, 2.05) is 16.9 Å². The summed E-state index contributed by atoms with van der Waals surface area (Å²) in [5.41, 5.74) is 3.63. The van der Waals surface area contributed by atoms with E-state index < -0.39 is 0 Å². The molecular weight excluding hydrogens is 342 g/mol. The molecule has 5 heteroatoms. The maximum absolute atomic E-state index is 12.4. The highest BCUT2D eigenvalue weighted by atomic mass is 32.1. The predicted molar refractivity (Wildman–Crippen MR) is 105 cm³/mol. The Morgan fingerprint density at radius 1 is 1.35 bits per heavy atom. The summed E-state index contributed by atoms with van der Waals surface area (Å²) in [5.74, 6) is 0.794. The number of hydrogen-bond donors (Lipinski definition) is 1. The van der Waals surface area contributed by atoms with Crippen molar-refractivity contribution < 1.29 is 4.79 Å². The summed E-state index contributed by atoms with van der Waals surface area (Å²) in [6.45, 7) is 2.94. The lowest BCUT2D eigenvalue weighted by Gasteiger charge is -2.16. The van der Waals surface area contributed by atoms with Crippen LogP contribution in [0.3, 0.4) is 0 Å². The van der Waals surface area contributed by atoms with Gasteiger partial charge in [0.15, 0.2) is 0 Å². The van der Waals surface area contributed by atoms with E-state index in [0.29, 0.717) is 6.54 Å². The molecule has 26 heavy (non-hydrogen) atoms. The first-order chi connectivity index (χ1) is 12.7. The number of aryl methyl sites for hydroxylation is 1. The van der Waals surface area contributed by atoms with Crippen LogP contribution in [0, 0.1) is 5.92 Å². The van der Waals surface area contributed by atoms with Gasteiger partial charge in [-0.25, -0.2) is 4.68 Å². The minimum Gasteiger partial charge on any atom is -0.351 e. The van der Waals surface area contributed by atoms with Gasteiger partial charge >= 0.3 is 0 Å². The first-order valence-electron chi connectivity index (χ1n) is 9.18. The maximum Gasteiger partial charge on any atom is 0.261 e. The third kappa shape index (κ3) is 3.73. The van der Waals surface area contributed by atoms with Gasteiger partial charge in [0.05, 0.1) is 10.6 Å². The van der Waals surface area contributed by atoms with Gasteiger partial charge in [-0.15, -0.1) is 11.3 Å². The summed E-state index contributed by atoms with van der Waals surface area (Å²) in [6, 6.07) is 12.3. The smallest absolute Gasteiger partial charge is 0.261 e. The topological polar surface area (TPSA) is 46.9 Å². The van der Waals surface area contributed by atoms with Crippen LogP contribution in [0.5, 0.6) is 0 Å². The fraction of sp³-hybridized carbons (Fsp3) is 0.333. The molecule has 0 saturated heterocycles. The van der Waals surface area contributed by atoms with Crippen LogP contribution in [-0.4, -0.2) is 22.2 Å². The largest absolute Gasteiger partial charge is 0.351 e. The highest BCUT2D eigenvalue weighted by Gasteiger charge is 2.20. The molecule has 3 aromatic rings. The molecule has 1 aromatic carbocycles. The van der Waals surface area contributed by atoms with Crippen LogP contribution in [-0.2, 0) is 19.3 Å². The second-order valence-corrected chi connectivity index (χ2v) is 8.17. The number of hydrogen-bond acceptors (Lipinski definition) is 3. The van der Waals surface area contributed by atoms with Crippen molar-refractivity contribution in [3.05, 3.63) is 69.7 Å². The zero-order valence-electron chi connectivity index (χ0n) is 14.9. The fourth-order valence-electron chi connectivity index (χ4n) is 3.46. The molecule has 0 spiro atoms. The molecule has 0 aliphatic heterocycles. The Morgan fingerprint density at radius 3 is 2.96 bits per heavy atom. The third-order valence-electron chi connectivity index (χ3n) is 4.96. The van der Waals surface area contributed by atoms with E-state index >= 15 is 0 Å². The van der Waals surface area contributed by atoms with E-state index in [1.54, 1.807) is 17.5 Å². The van der Waals surface area contributed by atoms with Gasteiger partial charge in [-0.1, -0.05) is 19.1 Å². The fourth-order valence-corrected chi connectivity index (χ4v) is 4.59. The molecule has 0 bridgehead atoms. The van der Waals surface area contributed by atoms with Crippen molar-refractivity contribution in [2.45, 2.75) is 32.6 Å². The van der Waals surface area contributed by atoms with E-state index in [1.165, 1.54) is 22.4 Å². The van der Waals surface area contributed by atoms with Crippen LogP contribution in [0.1, 0.15) is 39.0 Å². The highest BCUT2D eigenvalue weighted by molar-refractivity contribution is 7.14. The minimum absolute atomic E-state index is 0.0604. The second kappa shape index (κ2) is 7.46. The molecular formula is C21H23N3OS. The summed E-state index contributed by atoms with van der Waals surface area (Å²) in [5, 5.41) is 7.29. The van der Waals surface area contributed by atoms with Gasteiger partial charge in [0.2, 0.25) is 0 Å². The SMILES string of the molecule is CC1CCc2sc(C(=O)NCCc3ccc(-n4cccn4)cc3)cc2C1. The third-order valence-corrected chi connectivity index (χ3v) is 6.19. The number of benzene rings is 1. The Labute approximate surface area is 157 Å². The van der Waals surface area contributed by atoms with Gasteiger partial charge in [0, 0.05) is 23.8 Å². The first-order valence-corrected chi connectivity index (χ1v) is 9.99. The van der Waals surface area contributed by atoms with E-state index in [0.717, 1.165) is 35.7 Å². The Kier molecular flexibility index (Phi) is 4.89. The van der Waals surface area contributed by atoms with Crippen molar-refractivity contribution in [3.63, 3.8) is 0 Å². The molecule has 4 rings (SSSR count). The standard InChI is InChI=1S/C21H23N3OS/c1-15-3-8-19-17(13-15)14-20(26-19)21(25)22-11-9-16-4-6-18(7-5-16)24-12-2-10-23-24/h2,4-7,10,12,14-15H,3,8-9,11,13H2,1H3,(H,22,25). The van der Waals surface area contributed by atoms with Gasteiger partial charge in [0.25, 0.3) is 5.91 Å². The van der Waals surface area contributed by atoms with Crippen molar-refractivity contribution >= 4 is 17.2 Å². The van der Waals surface area contributed by atoms with Crippen molar-refractivity contribution in [1.82, 2.24) is 15.1 Å². The van der Waals surface area contributed by atoms with Gasteiger partial charge in [-0.05, 0) is 67.0 Å². The Bertz CT molecular complexity index is 881. The lowest BCUT2D eigenvalue weighted by Crippen LogP contribution is -2.24. The number of aromatic nitrogens is 2. The molecule has 0 radical (unpaired) electrons. The van der Waals surface area contributed by atoms with Crippen molar-refractivity contribution in [3.8, 4) is 5.69 Å².